The number of hydrogen-bond donors (Lipinski definition) is 2. The Balaban J connectivity index is 2.70. The van der Waals surface area contributed by atoms with E-state index in [4.69, 9.17) is 10.8 Å². The van der Waals surface area contributed by atoms with Crippen LogP contribution in [0.4, 0.5) is 11.5 Å². The normalized spacial score (nSPS) is 9.96. The summed E-state index contributed by atoms with van der Waals surface area (Å²) in [5.74, 6) is 0.275. The van der Waals surface area contributed by atoms with Gasteiger partial charge in [0.05, 0.1) is 17.1 Å². The molecule has 0 aliphatic carbocycles. The minimum Gasteiger partial charge on any atom is -0.396 e. The van der Waals surface area contributed by atoms with Gasteiger partial charge < -0.3 is 10.8 Å². The maximum Gasteiger partial charge on any atom is 0.269 e. The molecule has 0 amide bonds. The predicted octanol–water partition coefficient (Wildman–Crippen LogP) is 2.07. The topological polar surface area (TPSA) is 150 Å². The number of benzene rings is 1. The van der Waals surface area contributed by atoms with Gasteiger partial charge in [0.25, 0.3) is 5.69 Å². The molecule has 0 saturated carbocycles. The Bertz CT molecular complexity index is 869. The van der Waals surface area contributed by atoms with Crippen LogP contribution in [0.15, 0.2) is 29.3 Å². The van der Waals surface area contributed by atoms with Crippen molar-refractivity contribution in [2.45, 2.75) is 5.03 Å². The number of rotatable bonds is 5. The van der Waals surface area contributed by atoms with Crippen LogP contribution >= 0.6 is 11.8 Å². The molecule has 8 nitrogen and oxygen atoms in total. The number of nitrogen functional groups attached to an aromatic ring is 1. The maximum absolute atomic E-state index is 10.8. The van der Waals surface area contributed by atoms with Gasteiger partial charge in [-0.1, -0.05) is 0 Å². The summed E-state index contributed by atoms with van der Waals surface area (Å²) in [6, 6.07) is 9.41. The minimum absolute atomic E-state index is 0.0359. The molecule has 0 aliphatic heterocycles. The molecule has 0 saturated heterocycles. The monoisotopic (exact) mass is 341 g/mol. The number of nitro benzene ring substituents is 1. The molecule has 2 rings (SSSR count). The van der Waals surface area contributed by atoms with E-state index in [1.165, 1.54) is 24.3 Å². The molecular weight excluding hydrogens is 330 g/mol. The number of aliphatic hydroxyl groups is 1. The molecule has 0 fully saturated rings. The van der Waals surface area contributed by atoms with Crippen LogP contribution in [0.5, 0.6) is 0 Å². The lowest BCUT2D eigenvalue weighted by Gasteiger charge is -2.12. The number of nitro groups is 1. The van der Waals surface area contributed by atoms with E-state index in [0.29, 0.717) is 16.3 Å². The van der Waals surface area contributed by atoms with E-state index in [0.717, 1.165) is 11.8 Å². The first-order valence-corrected chi connectivity index (χ1v) is 7.64. The SMILES string of the molecule is N#Cc1c(N)nc(SCCO)c(C#N)c1-c1ccc([N+](=O)[O-])cc1. The van der Waals surface area contributed by atoms with Crippen molar-refractivity contribution >= 4 is 23.3 Å². The van der Waals surface area contributed by atoms with Crippen molar-refractivity contribution in [1.29, 1.82) is 10.5 Å². The van der Waals surface area contributed by atoms with Gasteiger partial charge in [-0.25, -0.2) is 4.98 Å². The highest BCUT2D eigenvalue weighted by Crippen LogP contribution is 2.36. The molecule has 0 spiro atoms. The highest BCUT2D eigenvalue weighted by molar-refractivity contribution is 7.99. The van der Waals surface area contributed by atoms with Gasteiger partial charge in [-0.3, -0.25) is 10.1 Å². The van der Waals surface area contributed by atoms with Crippen LogP contribution in [0.2, 0.25) is 0 Å². The number of nitrogens with zero attached hydrogens (tertiary/aromatic N) is 4. The predicted molar refractivity (Wildman–Crippen MR) is 88.0 cm³/mol. The third-order valence-electron chi connectivity index (χ3n) is 3.11. The molecule has 1 heterocycles. The zero-order chi connectivity index (χ0) is 17.7. The molecule has 24 heavy (non-hydrogen) atoms. The second-order valence-corrected chi connectivity index (χ2v) is 5.61. The van der Waals surface area contributed by atoms with Crippen LogP contribution in [0, 0.1) is 32.8 Å². The third kappa shape index (κ3) is 3.27. The number of pyridine rings is 1. The van der Waals surface area contributed by atoms with Crippen LogP contribution in [-0.2, 0) is 0 Å². The zero-order valence-electron chi connectivity index (χ0n) is 12.3. The average Bonchev–Trinajstić information content (AvgIpc) is 2.59. The van der Waals surface area contributed by atoms with Gasteiger partial charge in [-0.05, 0) is 17.7 Å². The van der Waals surface area contributed by atoms with Crippen LogP contribution in [0.3, 0.4) is 0 Å². The van der Waals surface area contributed by atoms with E-state index < -0.39 is 4.92 Å². The second kappa shape index (κ2) is 7.42. The first-order valence-electron chi connectivity index (χ1n) is 6.65. The van der Waals surface area contributed by atoms with Crippen molar-refractivity contribution in [2.24, 2.45) is 0 Å². The lowest BCUT2D eigenvalue weighted by molar-refractivity contribution is -0.384. The van der Waals surface area contributed by atoms with Gasteiger partial charge in [-0.15, -0.1) is 11.8 Å². The summed E-state index contributed by atoms with van der Waals surface area (Å²) in [6.45, 7) is -0.107. The van der Waals surface area contributed by atoms with Crippen molar-refractivity contribution in [3.63, 3.8) is 0 Å². The molecule has 1 aromatic heterocycles. The Kier molecular flexibility index (Phi) is 5.32. The molecule has 3 N–H and O–H groups in total. The largest absolute Gasteiger partial charge is 0.396 e. The Morgan fingerprint density at radius 1 is 1.25 bits per heavy atom. The Morgan fingerprint density at radius 2 is 1.88 bits per heavy atom. The van der Waals surface area contributed by atoms with Gasteiger partial charge in [0.1, 0.15) is 28.5 Å². The van der Waals surface area contributed by atoms with Crippen LogP contribution in [0.1, 0.15) is 11.1 Å². The first kappa shape index (κ1) is 17.2. The molecule has 0 radical (unpaired) electrons. The lowest BCUT2D eigenvalue weighted by Crippen LogP contribution is -2.04. The molecular formula is C15H11N5O3S. The molecule has 1 aromatic carbocycles. The highest BCUT2D eigenvalue weighted by Gasteiger charge is 2.20. The number of nitriles is 2. The van der Waals surface area contributed by atoms with E-state index in [-0.39, 0.29) is 34.8 Å². The van der Waals surface area contributed by atoms with Crippen molar-refractivity contribution in [3.8, 4) is 23.3 Å². The van der Waals surface area contributed by atoms with Crippen LogP contribution in [-0.4, -0.2) is 27.4 Å². The lowest BCUT2D eigenvalue weighted by atomic mass is 9.97. The molecule has 0 atom stereocenters. The molecule has 0 unspecified atom stereocenters. The summed E-state index contributed by atoms with van der Waals surface area (Å²) in [5, 5.41) is 38.9. The molecule has 0 bridgehead atoms. The van der Waals surface area contributed by atoms with Crippen LogP contribution in [0.25, 0.3) is 11.1 Å². The van der Waals surface area contributed by atoms with Gasteiger partial charge in [0, 0.05) is 23.4 Å². The summed E-state index contributed by atoms with van der Waals surface area (Å²) in [7, 11) is 0. The third-order valence-corrected chi connectivity index (χ3v) is 4.07. The number of nitrogens with two attached hydrogens (primary N) is 1. The Morgan fingerprint density at radius 3 is 2.38 bits per heavy atom. The fourth-order valence-electron chi connectivity index (χ4n) is 2.08. The van der Waals surface area contributed by atoms with Crippen molar-refractivity contribution in [3.05, 3.63) is 45.5 Å². The maximum atomic E-state index is 10.8. The quantitative estimate of drug-likeness (QED) is 0.476. The van der Waals surface area contributed by atoms with Crippen molar-refractivity contribution in [1.82, 2.24) is 4.98 Å². The summed E-state index contributed by atoms with van der Waals surface area (Å²) in [4.78, 5) is 14.3. The summed E-state index contributed by atoms with van der Waals surface area (Å²) in [5.41, 5.74) is 6.63. The molecule has 9 heteroatoms. The second-order valence-electron chi connectivity index (χ2n) is 4.53. The molecule has 2 aromatic rings. The van der Waals surface area contributed by atoms with Gasteiger partial charge >= 0.3 is 0 Å². The number of anilines is 1. The van der Waals surface area contributed by atoms with Gasteiger partial charge in [-0.2, -0.15) is 10.5 Å². The number of aliphatic hydroxyl groups excluding tert-OH is 1. The van der Waals surface area contributed by atoms with E-state index in [1.807, 2.05) is 12.1 Å². The van der Waals surface area contributed by atoms with E-state index in [2.05, 4.69) is 4.98 Å². The van der Waals surface area contributed by atoms with E-state index >= 15 is 0 Å². The number of non-ortho nitro benzene ring substituents is 1. The Labute approximate surface area is 141 Å². The smallest absolute Gasteiger partial charge is 0.269 e. The molecule has 0 aliphatic rings. The fraction of sp³-hybridized carbons (Fsp3) is 0.133. The number of thioether (sulfide) groups is 1. The first-order chi connectivity index (χ1) is 11.5. The van der Waals surface area contributed by atoms with Gasteiger partial charge in [0.2, 0.25) is 0 Å². The summed E-state index contributed by atoms with van der Waals surface area (Å²) in [6.07, 6.45) is 0. The van der Waals surface area contributed by atoms with Crippen LogP contribution < -0.4 is 5.73 Å². The fourth-order valence-corrected chi connectivity index (χ4v) is 2.82. The number of aromatic nitrogens is 1. The summed E-state index contributed by atoms with van der Waals surface area (Å²) < 4.78 is 0. The van der Waals surface area contributed by atoms with Gasteiger partial charge in [0.15, 0.2) is 0 Å². The van der Waals surface area contributed by atoms with Crippen molar-refractivity contribution in [2.75, 3.05) is 18.1 Å². The average molecular weight is 341 g/mol. The minimum atomic E-state index is -0.538. The standard InChI is InChI=1S/C15H11N5O3S/c16-7-11-13(9-1-3-10(4-2-9)20(22)23)12(8-17)15(19-14(11)18)24-6-5-21/h1-4,21H,5-6H2,(H2,18,19). The Hall–Kier alpha value is -3.14. The summed E-state index contributed by atoms with van der Waals surface area (Å²) >= 11 is 1.14. The molecule has 120 valence electrons. The van der Waals surface area contributed by atoms with E-state index in [1.54, 1.807) is 0 Å². The highest BCUT2D eigenvalue weighted by atomic mass is 32.2. The van der Waals surface area contributed by atoms with Crippen molar-refractivity contribution < 1.29 is 10.0 Å². The zero-order valence-corrected chi connectivity index (χ0v) is 13.1. The van der Waals surface area contributed by atoms with E-state index in [9.17, 15) is 20.6 Å². The number of hydrogen-bond acceptors (Lipinski definition) is 8.